The lowest BCUT2D eigenvalue weighted by Crippen LogP contribution is -2.39. The highest BCUT2D eigenvalue weighted by Gasteiger charge is 2.30. The Morgan fingerprint density at radius 3 is 2.37 bits per heavy atom. The van der Waals surface area contributed by atoms with E-state index in [4.69, 9.17) is 4.74 Å². The fourth-order valence-corrected chi connectivity index (χ4v) is 5.15. The van der Waals surface area contributed by atoms with Crippen LogP contribution in [-0.2, 0) is 4.79 Å². The van der Waals surface area contributed by atoms with Crippen LogP contribution in [-0.4, -0.2) is 49.9 Å². The van der Waals surface area contributed by atoms with Gasteiger partial charge in [-0.2, -0.15) is 0 Å². The van der Waals surface area contributed by atoms with Gasteiger partial charge in [-0.15, -0.1) is 0 Å². The molecule has 198 valence electrons. The van der Waals surface area contributed by atoms with E-state index < -0.39 is 0 Å². The predicted molar refractivity (Wildman–Crippen MR) is 146 cm³/mol. The van der Waals surface area contributed by atoms with Crippen LogP contribution in [0.25, 0.3) is 33.7 Å². The van der Waals surface area contributed by atoms with Crippen molar-refractivity contribution in [1.29, 1.82) is 0 Å². The Kier molecular flexibility index (Phi) is 7.96. The molecule has 38 heavy (non-hydrogen) atoms. The summed E-state index contributed by atoms with van der Waals surface area (Å²) in [5.41, 5.74) is 3.86. The summed E-state index contributed by atoms with van der Waals surface area (Å²) in [7, 11) is 0. The second-order valence-corrected chi connectivity index (χ2v) is 9.98. The number of fused-ring (bicyclic) bond motifs is 1. The van der Waals surface area contributed by atoms with E-state index in [2.05, 4.69) is 33.8 Å². The molecule has 0 spiro atoms. The van der Waals surface area contributed by atoms with E-state index in [0.717, 1.165) is 68.4 Å². The summed E-state index contributed by atoms with van der Waals surface area (Å²) in [4.78, 5) is 31.7. The number of hydrogen-bond acceptors (Lipinski definition) is 5. The van der Waals surface area contributed by atoms with Crippen LogP contribution >= 0.6 is 0 Å². The Bertz CT molecular complexity index is 1360. The predicted octanol–water partition coefficient (Wildman–Crippen LogP) is 6.41. The summed E-state index contributed by atoms with van der Waals surface area (Å²) in [6, 6.07) is 12.2. The standard InChI is InChI=1S/C30H34FN5O2/c1-3-15-36(16-4-2)30(37)20-5-10-24(11-6-20)38-28-14-8-21(18-33-28)25-12-7-22(19-32-25)29-34-26-13-9-23(31)17-27(26)35-29/h7-9,12-14,17-20,24H,3-6,10-11,15-16H2,1-2H3,(H,34,35). The van der Waals surface area contributed by atoms with E-state index in [1.165, 1.54) is 12.1 Å². The van der Waals surface area contributed by atoms with Crippen LogP contribution in [0.4, 0.5) is 4.39 Å². The topological polar surface area (TPSA) is 84.0 Å². The first kappa shape index (κ1) is 25.8. The molecule has 4 aromatic rings. The van der Waals surface area contributed by atoms with E-state index in [-0.39, 0.29) is 17.8 Å². The summed E-state index contributed by atoms with van der Waals surface area (Å²) in [6.45, 7) is 5.93. The smallest absolute Gasteiger partial charge is 0.225 e. The van der Waals surface area contributed by atoms with Crippen molar-refractivity contribution < 1.29 is 13.9 Å². The lowest BCUT2D eigenvalue weighted by atomic mass is 9.86. The highest BCUT2D eigenvalue weighted by molar-refractivity contribution is 5.80. The maximum Gasteiger partial charge on any atom is 0.225 e. The van der Waals surface area contributed by atoms with Crippen molar-refractivity contribution in [1.82, 2.24) is 24.8 Å². The number of benzene rings is 1. The molecule has 1 aromatic carbocycles. The first-order valence-electron chi connectivity index (χ1n) is 13.6. The average molecular weight is 516 g/mol. The summed E-state index contributed by atoms with van der Waals surface area (Å²) in [6.07, 6.45) is 9.04. The zero-order valence-electron chi connectivity index (χ0n) is 22.0. The van der Waals surface area contributed by atoms with Crippen LogP contribution in [0, 0.1) is 11.7 Å². The first-order chi connectivity index (χ1) is 18.5. The minimum absolute atomic E-state index is 0.0814. The fraction of sp³-hybridized carbons (Fsp3) is 0.400. The van der Waals surface area contributed by atoms with Crippen LogP contribution in [0.3, 0.4) is 0 Å². The van der Waals surface area contributed by atoms with Gasteiger partial charge in [0.1, 0.15) is 17.7 Å². The van der Waals surface area contributed by atoms with Gasteiger partial charge in [-0.25, -0.2) is 14.4 Å². The van der Waals surface area contributed by atoms with Gasteiger partial charge in [-0.05, 0) is 74.9 Å². The number of ether oxygens (including phenoxy) is 1. The number of halogens is 1. The number of carbonyl (C=O) groups is 1. The Labute approximate surface area is 222 Å². The third-order valence-corrected chi connectivity index (χ3v) is 7.12. The molecule has 3 aromatic heterocycles. The molecular weight excluding hydrogens is 481 g/mol. The second kappa shape index (κ2) is 11.7. The lowest BCUT2D eigenvalue weighted by molar-refractivity contribution is -0.137. The Hall–Kier alpha value is -3.81. The van der Waals surface area contributed by atoms with Gasteiger partial charge in [0.05, 0.1) is 16.7 Å². The van der Waals surface area contributed by atoms with E-state index >= 15 is 0 Å². The SMILES string of the molecule is CCCN(CCC)C(=O)C1CCC(Oc2ccc(-c3ccc(-c4nc5ccc(F)cc5[nH]4)cn3)cn2)CC1. The van der Waals surface area contributed by atoms with Gasteiger partial charge >= 0.3 is 0 Å². The van der Waals surface area contributed by atoms with Gasteiger partial charge in [0.15, 0.2) is 0 Å². The number of amides is 1. The molecule has 1 amide bonds. The maximum atomic E-state index is 13.5. The quantitative estimate of drug-likeness (QED) is 0.278. The van der Waals surface area contributed by atoms with E-state index in [9.17, 15) is 9.18 Å². The third-order valence-electron chi connectivity index (χ3n) is 7.12. The zero-order chi connectivity index (χ0) is 26.5. The molecule has 1 fully saturated rings. The number of H-pyrrole nitrogens is 1. The van der Waals surface area contributed by atoms with Gasteiger partial charge in [0, 0.05) is 48.6 Å². The first-order valence-corrected chi connectivity index (χ1v) is 13.6. The molecule has 1 aliphatic rings. The van der Waals surface area contributed by atoms with Crippen molar-refractivity contribution in [2.75, 3.05) is 13.1 Å². The second-order valence-electron chi connectivity index (χ2n) is 9.98. The number of carbonyl (C=O) groups excluding carboxylic acids is 1. The molecule has 0 unspecified atom stereocenters. The van der Waals surface area contributed by atoms with Crippen molar-refractivity contribution >= 4 is 16.9 Å². The van der Waals surface area contributed by atoms with Gasteiger partial charge < -0.3 is 14.6 Å². The maximum absolute atomic E-state index is 13.5. The molecule has 1 N–H and O–H groups in total. The van der Waals surface area contributed by atoms with Crippen molar-refractivity contribution in [2.45, 2.75) is 58.5 Å². The number of pyridine rings is 2. The van der Waals surface area contributed by atoms with Crippen LogP contribution < -0.4 is 4.74 Å². The number of rotatable bonds is 9. The molecule has 7 nitrogen and oxygen atoms in total. The molecule has 3 heterocycles. The molecular formula is C30H34FN5O2. The van der Waals surface area contributed by atoms with E-state index in [1.54, 1.807) is 18.5 Å². The molecule has 0 bridgehead atoms. The molecule has 5 rings (SSSR count). The molecule has 0 radical (unpaired) electrons. The fourth-order valence-electron chi connectivity index (χ4n) is 5.15. The third kappa shape index (κ3) is 5.85. The highest BCUT2D eigenvalue weighted by atomic mass is 19.1. The molecule has 0 saturated heterocycles. The number of nitrogens with zero attached hydrogens (tertiary/aromatic N) is 4. The molecule has 0 aliphatic heterocycles. The monoisotopic (exact) mass is 515 g/mol. The average Bonchev–Trinajstić information content (AvgIpc) is 3.37. The number of aromatic nitrogens is 4. The van der Waals surface area contributed by atoms with Crippen molar-refractivity contribution in [2.24, 2.45) is 5.92 Å². The van der Waals surface area contributed by atoms with E-state index in [0.29, 0.717) is 28.6 Å². The number of aromatic amines is 1. The summed E-state index contributed by atoms with van der Waals surface area (Å²) in [5, 5.41) is 0. The molecule has 0 atom stereocenters. The normalized spacial score (nSPS) is 17.4. The number of hydrogen-bond donors (Lipinski definition) is 1. The summed E-state index contributed by atoms with van der Waals surface area (Å²) < 4.78 is 19.6. The van der Waals surface area contributed by atoms with Gasteiger partial charge in [0.2, 0.25) is 11.8 Å². The van der Waals surface area contributed by atoms with Gasteiger partial charge in [-0.3, -0.25) is 9.78 Å². The lowest BCUT2D eigenvalue weighted by Gasteiger charge is -2.32. The largest absolute Gasteiger partial charge is 0.474 e. The van der Waals surface area contributed by atoms with Gasteiger partial charge in [-0.1, -0.05) is 13.8 Å². The van der Waals surface area contributed by atoms with Crippen molar-refractivity contribution in [3.63, 3.8) is 0 Å². The molecule has 1 saturated carbocycles. The summed E-state index contributed by atoms with van der Waals surface area (Å²) >= 11 is 0. The van der Waals surface area contributed by atoms with Crippen LogP contribution in [0.15, 0.2) is 54.9 Å². The van der Waals surface area contributed by atoms with Gasteiger partial charge in [0.25, 0.3) is 0 Å². The van der Waals surface area contributed by atoms with Crippen LogP contribution in [0.5, 0.6) is 5.88 Å². The van der Waals surface area contributed by atoms with Crippen molar-refractivity contribution in [3.05, 3.63) is 60.7 Å². The molecule has 1 aliphatic carbocycles. The van der Waals surface area contributed by atoms with Crippen LogP contribution in [0.1, 0.15) is 52.4 Å². The number of imidazole rings is 1. The van der Waals surface area contributed by atoms with Crippen molar-refractivity contribution in [3.8, 4) is 28.5 Å². The minimum Gasteiger partial charge on any atom is -0.474 e. The minimum atomic E-state index is -0.301. The van der Waals surface area contributed by atoms with Crippen LogP contribution in [0.2, 0.25) is 0 Å². The Morgan fingerprint density at radius 2 is 1.71 bits per heavy atom. The Balaban J connectivity index is 1.16. The summed E-state index contributed by atoms with van der Waals surface area (Å²) in [5.74, 6) is 1.35. The highest BCUT2D eigenvalue weighted by Crippen LogP contribution is 2.30. The Morgan fingerprint density at radius 1 is 0.974 bits per heavy atom. The number of nitrogens with one attached hydrogen (secondary N) is 1. The molecule has 8 heteroatoms. The van der Waals surface area contributed by atoms with E-state index in [1.807, 2.05) is 29.2 Å². The zero-order valence-corrected chi connectivity index (χ0v) is 22.0.